The predicted octanol–water partition coefficient (Wildman–Crippen LogP) is 2.51. The van der Waals surface area contributed by atoms with E-state index in [9.17, 15) is 4.79 Å². The average molecular weight is 271 g/mol. The van der Waals surface area contributed by atoms with Crippen molar-refractivity contribution >= 4 is 5.97 Å². The molecule has 0 bridgehead atoms. The first-order valence-electron chi connectivity index (χ1n) is 6.16. The maximum absolute atomic E-state index is 12.0. The van der Waals surface area contributed by atoms with Crippen molar-refractivity contribution in [1.29, 1.82) is 5.26 Å². The van der Waals surface area contributed by atoms with Gasteiger partial charge in [-0.25, -0.2) is 4.79 Å². The van der Waals surface area contributed by atoms with Gasteiger partial charge in [0.1, 0.15) is 0 Å². The molecule has 0 spiro atoms. The number of hydrogen-bond acceptors (Lipinski definition) is 6. The van der Waals surface area contributed by atoms with E-state index in [1.54, 1.807) is 31.2 Å². The quantitative estimate of drug-likeness (QED) is 0.613. The second-order valence-electron chi connectivity index (χ2n) is 4.07. The molecule has 0 amide bonds. The SMILES string of the molecule is Cc1nnc(-c2ccccc2C(=O)OCCCC#N)o1. The van der Waals surface area contributed by atoms with Crippen LogP contribution in [-0.4, -0.2) is 22.8 Å². The first-order valence-corrected chi connectivity index (χ1v) is 6.16. The third kappa shape index (κ3) is 3.20. The highest BCUT2D eigenvalue weighted by atomic mass is 16.5. The number of ether oxygens (including phenoxy) is 1. The Bertz CT molecular complexity index is 643. The van der Waals surface area contributed by atoms with Gasteiger partial charge in [-0.05, 0) is 18.6 Å². The molecule has 0 fully saturated rings. The molecule has 0 aliphatic rings. The molecule has 2 rings (SSSR count). The average Bonchev–Trinajstić information content (AvgIpc) is 2.90. The first-order chi connectivity index (χ1) is 9.72. The normalized spacial score (nSPS) is 10.0. The molecular formula is C14H13N3O3. The van der Waals surface area contributed by atoms with Gasteiger partial charge in [-0.1, -0.05) is 12.1 Å². The number of carbonyl (C=O) groups excluding carboxylic acids is 1. The molecule has 6 heteroatoms. The summed E-state index contributed by atoms with van der Waals surface area (Å²) in [7, 11) is 0. The number of rotatable bonds is 5. The van der Waals surface area contributed by atoms with Crippen molar-refractivity contribution in [3.63, 3.8) is 0 Å². The van der Waals surface area contributed by atoms with Gasteiger partial charge in [-0.2, -0.15) is 5.26 Å². The van der Waals surface area contributed by atoms with Crippen LogP contribution in [0.1, 0.15) is 29.1 Å². The van der Waals surface area contributed by atoms with Crippen LogP contribution in [0.2, 0.25) is 0 Å². The number of nitriles is 1. The van der Waals surface area contributed by atoms with E-state index in [2.05, 4.69) is 10.2 Å². The van der Waals surface area contributed by atoms with Gasteiger partial charge in [-0.15, -0.1) is 10.2 Å². The molecule has 0 N–H and O–H groups in total. The van der Waals surface area contributed by atoms with Crippen LogP contribution < -0.4 is 0 Å². The van der Waals surface area contributed by atoms with Crippen molar-refractivity contribution in [3.05, 3.63) is 35.7 Å². The lowest BCUT2D eigenvalue weighted by Crippen LogP contribution is -2.08. The molecule has 2 aromatic rings. The Hall–Kier alpha value is -2.68. The maximum Gasteiger partial charge on any atom is 0.338 e. The van der Waals surface area contributed by atoms with Gasteiger partial charge in [0.25, 0.3) is 0 Å². The van der Waals surface area contributed by atoms with Gasteiger partial charge in [-0.3, -0.25) is 0 Å². The minimum atomic E-state index is -0.464. The van der Waals surface area contributed by atoms with E-state index in [-0.39, 0.29) is 12.5 Å². The van der Waals surface area contributed by atoms with Crippen molar-refractivity contribution in [1.82, 2.24) is 10.2 Å². The Morgan fingerprint density at radius 2 is 2.20 bits per heavy atom. The summed E-state index contributed by atoms with van der Waals surface area (Å²) in [6.45, 7) is 1.89. The van der Waals surface area contributed by atoms with E-state index in [4.69, 9.17) is 14.4 Å². The molecule has 0 atom stereocenters. The highest BCUT2D eigenvalue weighted by molar-refractivity contribution is 5.96. The van der Waals surface area contributed by atoms with E-state index in [1.165, 1.54) is 0 Å². The van der Waals surface area contributed by atoms with Crippen LogP contribution in [0, 0.1) is 18.3 Å². The number of hydrogen-bond donors (Lipinski definition) is 0. The molecule has 0 radical (unpaired) electrons. The molecule has 0 saturated heterocycles. The van der Waals surface area contributed by atoms with Crippen LogP contribution in [0.15, 0.2) is 28.7 Å². The first kappa shape index (κ1) is 13.7. The lowest BCUT2D eigenvalue weighted by molar-refractivity contribution is 0.0502. The van der Waals surface area contributed by atoms with E-state index in [0.29, 0.717) is 29.9 Å². The fraction of sp³-hybridized carbons (Fsp3) is 0.286. The highest BCUT2D eigenvalue weighted by Gasteiger charge is 2.17. The second-order valence-corrected chi connectivity index (χ2v) is 4.07. The fourth-order valence-corrected chi connectivity index (χ4v) is 1.65. The second kappa shape index (κ2) is 6.48. The molecule has 102 valence electrons. The predicted molar refractivity (Wildman–Crippen MR) is 69.6 cm³/mol. The summed E-state index contributed by atoms with van der Waals surface area (Å²) in [4.78, 5) is 12.0. The van der Waals surface area contributed by atoms with E-state index >= 15 is 0 Å². The number of benzene rings is 1. The lowest BCUT2D eigenvalue weighted by atomic mass is 10.1. The molecule has 0 aliphatic carbocycles. The van der Waals surface area contributed by atoms with Crippen LogP contribution in [0.5, 0.6) is 0 Å². The Morgan fingerprint density at radius 3 is 2.90 bits per heavy atom. The summed E-state index contributed by atoms with van der Waals surface area (Å²) in [5.41, 5.74) is 0.909. The molecule has 0 saturated carbocycles. The number of aryl methyl sites for hydroxylation is 1. The third-order valence-corrected chi connectivity index (χ3v) is 2.57. The van der Waals surface area contributed by atoms with Crippen LogP contribution in [0.4, 0.5) is 0 Å². The van der Waals surface area contributed by atoms with Gasteiger partial charge in [0.2, 0.25) is 11.8 Å². The molecular weight excluding hydrogens is 258 g/mol. The summed E-state index contributed by atoms with van der Waals surface area (Å²) in [5.74, 6) is 0.249. The monoisotopic (exact) mass is 271 g/mol. The number of esters is 1. The van der Waals surface area contributed by atoms with Crippen molar-refractivity contribution in [3.8, 4) is 17.5 Å². The van der Waals surface area contributed by atoms with Crippen molar-refractivity contribution < 1.29 is 13.9 Å². The minimum absolute atomic E-state index is 0.212. The summed E-state index contributed by atoms with van der Waals surface area (Å²) in [6.07, 6.45) is 0.877. The van der Waals surface area contributed by atoms with Crippen LogP contribution in [0.3, 0.4) is 0 Å². The summed E-state index contributed by atoms with van der Waals surface area (Å²) in [5, 5.41) is 16.1. The van der Waals surface area contributed by atoms with E-state index < -0.39 is 5.97 Å². The smallest absolute Gasteiger partial charge is 0.338 e. The number of carbonyl (C=O) groups is 1. The van der Waals surface area contributed by atoms with E-state index in [1.807, 2.05) is 6.07 Å². The Kier molecular flexibility index (Phi) is 4.45. The molecule has 0 aliphatic heterocycles. The lowest BCUT2D eigenvalue weighted by Gasteiger charge is -2.06. The zero-order valence-corrected chi connectivity index (χ0v) is 11.0. The topological polar surface area (TPSA) is 89.0 Å². The van der Waals surface area contributed by atoms with Crippen LogP contribution in [-0.2, 0) is 4.74 Å². The van der Waals surface area contributed by atoms with Crippen molar-refractivity contribution in [2.75, 3.05) is 6.61 Å². The fourth-order valence-electron chi connectivity index (χ4n) is 1.65. The summed E-state index contributed by atoms with van der Waals surface area (Å²) >= 11 is 0. The molecule has 0 unspecified atom stereocenters. The van der Waals surface area contributed by atoms with Crippen molar-refractivity contribution in [2.45, 2.75) is 19.8 Å². The standard InChI is InChI=1S/C14H13N3O3/c1-10-16-17-13(20-10)11-6-2-3-7-12(11)14(18)19-9-5-4-8-15/h2-3,6-7H,4-5,9H2,1H3. The van der Waals surface area contributed by atoms with Gasteiger partial charge in [0.05, 0.1) is 23.8 Å². The molecule has 1 heterocycles. The van der Waals surface area contributed by atoms with Crippen LogP contribution in [0.25, 0.3) is 11.5 Å². The highest BCUT2D eigenvalue weighted by Crippen LogP contribution is 2.23. The molecule has 20 heavy (non-hydrogen) atoms. The molecule has 1 aromatic carbocycles. The van der Waals surface area contributed by atoms with E-state index in [0.717, 1.165) is 0 Å². The molecule has 6 nitrogen and oxygen atoms in total. The van der Waals surface area contributed by atoms with Gasteiger partial charge >= 0.3 is 5.97 Å². The van der Waals surface area contributed by atoms with Gasteiger partial charge in [0, 0.05) is 13.3 Å². The van der Waals surface area contributed by atoms with Crippen LogP contribution >= 0.6 is 0 Å². The summed E-state index contributed by atoms with van der Waals surface area (Å²) < 4.78 is 10.4. The Balaban J connectivity index is 2.16. The minimum Gasteiger partial charge on any atom is -0.462 e. The zero-order chi connectivity index (χ0) is 14.4. The number of nitrogens with zero attached hydrogens (tertiary/aromatic N) is 3. The van der Waals surface area contributed by atoms with Gasteiger partial charge < -0.3 is 9.15 Å². The number of unbranched alkanes of at least 4 members (excludes halogenated alkanes) is 1. The Morgan fingerprint density at radius 1 is 1.40 bits per heavy atom. The van der Waals surface area contributed by atoms with Gasteiger partial charge in [0.15, 0.2) is 0 Å². The number of aromatic nitrogens is 2. The largest absolute Gasteiger partial charge is 0.462 e. The Labute approximate surface area is 116 Å². The van der Waals surface area contributed by atoms with Crippen molar-refractivity contribution in [2.24, 2.45) is 0 Å². The third-order valence-electron chi connectivity index (χ3n) is 2.57. The summed E-state index contributed by atoms with van der Waals surface area (Å²) in [6, 6.07) is 8.87. The zero-order valence-electron chi connectivity index (χ0n) is 11.0. The molecule has 1 aromatic heterocycles. The maximum atomic E-state index is 12.0.